The molecule has 5 aromatic rings. The summed E-state index contributed by atoms with van der Waals surface area (Å²) < 4.78 is 43.6. The van der Waals surface area contributed by atoms with E-state index in [0.29, 0.717) is 68.6 Å². The van der Waals surface area contributed by atoms with Gasteiger partial charge in [0.15, 0.2) is 0 Å². The van der Waals surface area contributed by atoms with Gasteiger partial charge in [0.2, 0.25) is 17.8 Å². The lowest BCUT2D eigenvalue weighted by molar-refractivity contribution is -0.138. The minimum absolute atomic E-state index is 0.0348. The number of aromatic nitrogens is 2. The predicted octanol–water partition coefficient (Wildman–Crippen LogP) is 6.54. The van der Waals surface area contributed by atoms with Gasteiger partial charge in [-0.1, -0.05) is 51.1 Å². The summed E-state index contributed by atoms with van der Waals surface area (Å²) in [5.74, 6) is -1.22. The SMILES string of the molecule is CCC(=O)N1CCN(c2nc(NCCC(=O)NCc3ccc(N(C(=N)c4cc(C(C)C)c(O)cc4O)C(N)=O)cc3C(F)(F)F)nc3c2CCN(c2cc(O)cc4ccccc24)C3)CC1. The first-order valence-electron chi connectivity index (χ1n) is 21.3. The van der Waals surface area contributed by atoms with E-state index in [0.717, 1.165) is 51.7 Å². The molecule has 0 bridgehead atoms. The molecule has 2 aliphatic rings. The van der Waals surface area contributed by atoms with E-state index in [-0.39, 0.29) is 53.4 Å². The van der Waals surface area contributed by atoms with Crippen molar-refractivity contribution in [3.8, 4) is 17.2 Å². The van der Waals surface area contributed by atoms with Crippen LogP contribution in [-0.2, 0) is 35.3 Å². The Bertz CT molecular complexity index is 2650. The van der Waals surface area contributed by atoms with E-state index in [4.69, 9.17) is 21.1 Å². The normalized spacial score (nSPS) is 14.0. The van der Waals surface area contributed by atoms with Gasteiger partial charge in [0.25, 0.3) is 0 Å². The van der Waals surface area contributed by atoms with Crippen LogP contribution in [0.25, 0.3) is 10.8 Å². The average Bonchev–Trinajstić information content (AvgIpc) is 3.27. The van der Waals surface area contributed by atoms with Gasteiger partial charge in [0.1, 0.15) is 28.9 Å². The number of phenols is 3. The molecule has 1 saturated heterocycles. The number of piperazine rings is 1. The van der Waals surface area contributed by atoms with Gasteiger partial charge >= 0.3 is 12.2 Å². The van der Waals surface area contributed by atoms with Gasteiger partial charge in [-0.05, 0) is 53.1 Å². The number of carbonyl (C=O) groups is 3. The molecule has 0 aliphatic carbocycles. The number of alkyl halides is 3. The second kappa shape index (κ2) is 18.8. The minimum atomic E-state index is -4.95. The van der Waals surface area contributed by atoms with Crippen LogP contribution in [0.15, 0.2) is 66.7 Å². The number of fused-ring (bicyclic) bond motifs is 2. The molecule has 8 N–H and O–H groups in total. The van der Waals surface area contributed by atoms with E-state index in [1.807, 2.05) is 36.1 Å². The Morgan fingerprint density at radius 3 is 2.35 bits per heavy atom. The molecule has 1 aromatic heterocycles. The van der Waals surface area contributed by atoms with Gasteiger partial charge in [0.05, 0.1) is 29.1 Å². The lowest BCUT2D eigenvalue weighted by Gasteiger charge is -2.38. The number of carbonyl (C=O) groups excluding carboxylic acids is 3. The molecule has 65 heavy (non-hydrogen) atoms. The Balaban J connectivity index is 1.06. The molecule has 0 spiro atoms. The first-order chi connectivity index (χ1) is 30.9. The van der Waals surface area contributed by atoms with Gasteiger partial charge in [0, 0.05) is 87.4 Å². The average molecular weight is 897 g/mol. The van der Waals surface area contributed by atoms with E-state index >= 15 is 0 Å². The molecule has 7 rings (SSSR count). The third kappa shape index (κ3) is 9.93. The number of nitrogens with zero attached hydrogens (tertiary/aromatic N) is 6. The number of hydrogen-bond acceptors (Lipinski definition) is 12. The number of primary amides is 1. The topological polar surface area (TPSA) is 225 Å². The van der Waals surface area contributed by atoms with Gasteiger partial charge < -0.3 is 46.4 Å². The highest BCUT2D eigenvalue weighted by Gasteiger charge is 2.36. The lowest BCUT2D eigenvalue weighted by Crippen LogP contribution is -2.49. The highest BCUT2D eigenvalue weighted by Crippen LogP contribution is 2.39. The zero-order chi connectivity index (χ0) is 46.7. The molecule has 19 heteroatoms. The summed E-state index contributed by atoms with van der Waals surface area (Å²) in [6.45, 7) is 8.05. The van der Waals surface area contributed by atoms with Crippen molar-refractivity contribution in [1.29, 1.82) is 5.41 Å². The Labute approximate surface area is 373 Å². The molecular weight excluding hydrogens is 846 g/mol. The zero-order valence-corrected chi connectivity index (χ0v) is 36.2. The summed E-state index contributed by atoms with van der Waals surface area (Å²) >= 11 is 0. The van der Waals surface area contributed by atoms with Crippen molar-refractivity contribution < 1.29 is 42.9 Å². The van der Waals surface area contributed by atoms with E-state index in [2.05, 4.69) is 20.4 Å². The van der Waals surface area contributed by atoms with Gasteiger partial charge in [-0.3, -0.25) is 15.0 Å². The molecule has 0 unspecified atom stereocenters. The summed E-state index contributed by atoms with van der Waals surface area (Å²) in [4.78, 5) is 54.6. The summed E-state index contributed by atoms with van der Waals surface area (Å²) in [6.07, 6.45) is -4.08. The molecule has 16 nitrogen and oxygen atoms in total. The van der Waals surface area contributed by atoms with Crippen LogP contribution in [0.2, 0.25) is 0 Å². The van der Waals surface area contributed by atoms with Crippen LogP contribution < -0.4 is 31.1 Å². The van der Waals surface area contributed by atoms with Crippen LogP contribution in [0, 0.1) is 5.41 Å². The number of anilines is 4. The summed E-state index contributed by atoms with van der Waals surface area (Å²) in [6, 6.07) is 15.0. The maximum absolute atomic E-state index is 14.5. The molecule has 0 saturated carbocycles. The molecule has 0 atom stereocenters. The fourth-order valence-corrected chi connectivity index (χ4v) is 8.31. The van der Waals surface area contributed by atoms with Gasteiger partial charge in [-0.2, -0.15) is 18.2 Å². The van der Waals surface area contributed by atoms with E-state index < -0.39 is 47.5 Å². The number of nitrogens with one attached hydrogen (secondary N) is 3. The first-order valence-corrected chi connectivity index (χ1v) is 21.3. The van der Waals surface area contributed by atoms with Crippen molar-refractivity contribution in [2.75, 3.05) is 59.3 Å². The highest BCUT2D eigenvalue weighted by molar-refractivity contribution is 6.22. The summed E-state index contributed by atoms with van der Waals surface area (Å²) in [5, 5.41) is 47.6. The van der Waals surface area contributed by atoms with Crippen molar-refractivity contribution >= 4 is 57.6 Å². The highest BCUT2D eigenvalue weighted by atomic mass is 19.4. The van der Waals surface area contributed by atoms with Crippen molar-refractivity contribution in [1.82, 2.24) is 20.2 Å². The Kier molecular flexibility index (Phi) is 13.2. The van der Waals surface area contributed by atoms with Crippen molar-refractivity contribution in [2.45, 2.75) is 65.2 Å². The number of amides is 4. The zero-order valence-electron chi connectivity index (χ0n) is 36.2. The number of amidine groups is 1. The second-order valence-corrected chi connectivity index (χ2v) is 16.3. The minimum Gasteiger partial charge on any atom is -0.508 e. The fourth-order valence-electron chi connectivity index (χ4n) is 8.31. The van der Waals surface area contributed by atoms with Crippen molar-refractivity contribution in [3.63, 3.8) is 0 Å². The number of aromatic hydroxyl groups is 3. The molecular formula is C46H51F3N10O6. The molecule has 4 aromatic carbocycles. The molecule has 4 amide bonds. The largest absolute Gasteiger partial charge is 0.508 e. The quantitative estimate of drug-likeness (QED) is 0.0526. The third-order valence-corrected chi connectivity index (χ3v) is 11.7. The van der Waals surface area contributed by atoms with Gasteiger partial charge in [-0.15, -0.1) is 0 Å². The van der Waals surface area contributed by atoms with Crippen LogP contribution >= 0.6 is 0 Å². The lowest BCUT2D eigenvalue weighted by atomic mass is 9.98. The van der Waals surface area contributed by atoms with Crippen molar-refractivity contribution in [3.05, 3.63) is 100 Å². The molecule has 2 aliphatic heterocycles. The fraction of sp³-hybridized carbons (Fsp3) is 0.348. The number of hydrogen-bond donors (Lipinski definition) is 7. The molecule has 1 fully saturated rings. The van der Waals surface area contributed by atoms with E-state index in [1.165, 1.54) is 6.07 Å². The number of nitrogens with two attached hydrogens (primary N) is 1. The monoisotopic (exact) mass is 896 g/mol. The Hall–Kier alpha value is -7.31. The number of benzene rings is 4. The van der Waals surface area contributed by atoms with Crippen LogP contribution in [0.4, 0.5) is 41.1 Å². The van der Waals surface area contributed by atoms with Crippen LogP contribution in [0.3, 0.4) is 0 Å². The molecule has 0 radical (unpaired) electrons. The standard InChI is InChI=1S/C46H51F3N10O6/c1-4-41(64)56-15-17-57(18-16-56)43-32-12-14-58(37-21-30(60)19-27-7-5-6-8-31(27)37)25-36(32)54-45(55-43)52-13-11-40(63)53-24-28-9-10-29(20-35(28)46(47,48)49)59(44(51)65)42(50)34-22-33(26(2)3)38(61)23-39(34)62/h5-10,19-23,26,50,60-62H,4,11-18,24-25H2,1-3H3,(H2,51,65)(H,53,63)(H,52,54,55). The number of rotatable bonds is 12. The smallest absolute Gasteiger partial charge is 0.416 e. The van der Waals surface area contributed by atoms with E-state index in [1.54, 1.807) is 26.0 Å². The first kappa shape index (κ1) is 45.7. The van der Waals surface area contributed by atoms with Crippen LogP contribution in [0.5, 0.6) is 17.2 Å². The number of halogens is 3. The van der Waals surface area contributed by atoms with Gasteiger partial charge in [-0.25, -0.2) is 14.7 Å². The predicted molar refractivity (Wildman–Crippen MR) is 241 cm³/mol. The third-order valence-electron chi connectivity index (χ3n) is 11.7. The number of phenolic OH excluding ortho intramolecular Hbond substituents is 3. The van der Waals surface area contributed by atoms with Crippen molar-refractivity contribution in [2.24, 2.45) is 5.73 Å². The summed E-state index contributed by atoms with van der Waals surface area (Å²) in [5.41, 5.74) is 6.29. The van der Waals surface area contributed by atoms with E-state index in [9.17, 15) is 42.9 Å². The van der Waals surface area contributed by atoms with Crippen LogP contribution in [0.1, 0.15) is 73.0 Å². The maximum atomic E-state index is 14.5. The summed E-state index contributed by atoms with van der Waals surface area (Å²) in [7, 11) is 0. The maximum Gasteiger partial charge on any atom is 0.416 e. The number of urea groups is 1. The molecule has 342 valence electrons. The van der Waals surface area contributed by atoms with Crippen LogP contribution in [-0.4, -0.2) is 93.1 Å². The Morgan fingerprint density at radius 1 is 0.923 bits per heavy atom. The Morgan fingerprint density at radius 2 is 1.66 bits per heavy atom. The second-order valence-electron chi connectivity index (χ2n) is 16.3. The molecule has 3 heterocycles.